The highest BCUT2D eigenvalue weighted by Gasteiger charge is 2.89. The van der Waals surface area contributed by atoms with Gasteiger partial charge in [0.15, 0.2) is 4.33 Å². The van der Waals surface area contributed by atoms with Crippen molar-refractivity contribution in [2.45, 2.75) is 32.7 Å². The SMILES string of the molecule is Cl[13C]1=[13C](Cl)[13C@]2(Cl)[13C@@H]3[13C@@H]4[13CH2][13C@@H]([13C@H]5O[13C@@H]45)[13C@@H]3[13C@@]1(Cl)[13C]2(Cl)Cl. The molecule has 8 atom stereocenters. The van der Waals surface area contributed by atoms with Gasteiger partial charge in [-0.1, -0.05) is 46.4 Å². The molecule has 19 heavy (non-hydrogen) atoms. The maximum atomic E-state index is 6.82. The lowest BCUT2D eigenvalue weighted by Gasteiger charge is -2.38. The molecule has 0 aromatic carbocycles. The zero-order valence-corrected chi connectivity index (χ0v) is 13.9. The Labute approximate surface area is 140 Å². The van der Waals surface area contributed by atoms with E-state index < -0.39 is 14.1 Å². The Hall–Kier alpha value is 1.44. The molecule has 1 nitrogen and oxygen atoms in total. The van der Waals surface area contributed by atoms with E-state index in [9.17, 15) is 0 Å². The van der Waals surface area contributed by atoms with Gasteiger partial charge in [-0.05, 0) is 30.1 Å². The molecule has 104 valence electrons. The molecule has 0 aromatic rings. The topological polar surface area (TPSA) is 12.5 Å². The second kappa shape index (κ2) is 3.20. The molecular weight excluding hydrogens is 385 g/mol. The van der Waals surface area contributed by atoms with Gasteiger partial charge in [-0.25, -0.2) is 0 Å². The van der Waals surface area contributed by atoms with Crippen LogP contribution in [0.1, 0.15) is 6.42 Å². The molecular formula is C12H8Cl6O. The van der Waals surface area contributed by atoms with Crippen LogP contribution in [0, 0.1) is 23.7 Å². The van der Waals surface area contributed by atoms with E-state index in [0.717, 1.165) is 6.42 Å². The molecule has 5 rings (SSSR count). The molecule has 4 bridgehead atoms. The standard InChI is InChI=1S/C12H8Cl6O/c13-8-9(14)11(16)5-3-1-2(6-7(3)19-6)4(5)10(8,15)12(11,17)18/h2-7H,1H2/t2-,3+,4+,5-,6-,7+,10+,11-/i1+1,2+1,3+1,4+1,5+1,6+1,7+1,8+1,9+1,10+1,11+1,12+1. The second-order valence-corrected chi connectivity index (χ2v) is 9.58. The van der Waals surface area contributed by atoms with Crippen LogP contribution in [0.4, 0.5) is 0 Å². The van der Waals surface area contributed by atoms with Crippen molar-refractivity contribution in [3.8, 4) is 0 Å². The number of ether oxygens (including phenoxy) is 1. The lowest BCUT2D eigenvalue weighted by atomic mass is 10.7. The molecule has 7 heteroatoms. The number of rotatable bonds is 0. The Kier molecular flexibility index (Phi) is 2.18. The van der Waals surface area contributed by atoms with E-state index >= 15 is 0 Å². The quantitative estimate of drug-likeness (QED) is 0.256. The average molecular weight is 393 g/mol. The molecule has 1 saturated heterocycles. The van der Waals surface area contributed by atoms with Crippen molar-refractivity contribution < 1.29 is 4.74 Å². The van der Waals surface area contributed by atoms with E-state index in [0.29, 0.717) is 21.9 Å². The van der Waals surface area contributed by atoms with Crippen LogP contribution in [0.2, 0.25) is 0 Å². The molecule has 0 aromatic heterocycles. The molecule has 0 amide bonds. The van der Waals surface area contributed by atoms with Crippen LogP contribution >= 0.6 is 69.6 Å². The van der Waals surface area contributed by atoms with E-state index in [4.69, 9.17) is 74.3 Å². The summed E-state index contributed by atoms with van der Waals surface area (Å²) < 4.78 is 4.35. The van der Waals surface area contributed by atoms with Crippen LogP contribution in [0.5, 0.6) is 0 Å². The fraction of sp³-hybridized carbons (Fsp3) is 0.833. The van der Waals surface area contributed by atoms with Gasteiger partial charge in [-0.3, -0.25) is 0 Å². The molecule has 5 aliphatic rings. The minimum Gasteiger partial charge on any atom is -0.369 e. The van der Waals surface area contributed by atoms with Gasteiger partial charge in [-0.15, -0.1) is 23.2 Å². The third kappa shape index (κ3) is 0.986. The predicted molar refractivity (Wildman–Crippen MR) is 77.6 cm³/mol. The monoisotopic (exact) mass is 390 g/mol. The number of hydrogen-bond donors (Lipinski definition) is 0. The first-order valence-corrected chi connectivity index (χ1v) is 8.52. The first-order valence-electron chi connectivity index (χ1n) is 6.25. The fourth-order valence-electron chi connectivity index (χ4n) is 5.30. The number of allylic oxidation sites excluding steroid dienone is 2. The lowest BCUT2D eigenvalue weighted by molar-refractivity contribution is 0.237. The van der Waals surface area contributed by atoms with E-state index in [2.05, 4.69) is 0 Å². The Morgan fingerprint density at radius 3 is 1.68 bits per heavy atom. The summed E-state index contributed by atoms with van der Waals surface area (Å²) in [6, 6.07) is 0. The highest BCUT2D eigenvalue weighted by molar-refractivity contribution is 6.65. The Bertz CT molecular complexity index is 516. The average Bonchev–Trinajstić information content (AvgIpc) is 2.91. The summed E-state index contributed by atoms with van der Waals surface area (Å²) in [5.74, 6) is 0.776. The van der Waals surface area contributed by atoms with Crippen LogP contribution in [0.3, 0.4) is 0 Å². The summed E-state index contributed by atoms with van der Waals surface area (Å²) in [5, 5.41) is 0.642. The number of fused-ring (bicyclic) bond motifs is 12. The molecule has 4 aliphatic carbocycles. The molecule has 1 heterocycles. The smallest absolute Gasteiger partial charge is 0.166 e. The minimum absolute atomic E-state index is 0.0467. The minimum atomic E-state index is -1.37. The van der Waals surface area contributed by atoms with Crippen molar-refractivity contribution in [1.29, 1.82) is 0 Å². The molecule has 0 unspecified atom stereocenters. The van der Waals surface area contributed by atoms with Gasteiger partial charge in [0, 0.05) is 0 Å². The normalized spacial score (nSPS) is 66.6. The maximum Gasteiger partial charge on any atom is 0.166 e. The van der Waals surface area contributed by atoms with Gasteiger partial charge in [0.1, 0.15) is 9.75 Å². The maximum absolute atomic E-state index is 6.82. The largest absolute Gasteiger partial charge is 0.369 e. The summed E-state index contributed by atoms with van der Waals surface area (Å²) in [4.78, 5) is -2.17. The fourth-order valence-corrected chi connectivity index (χ4v) is 8.43. The summed E-state index contributed by atoms with van der Waals surface area (Å²) in [7, 11) is 0. The van der Waals surface area contributed by atoms with Gasteiger partial charge < -0.3 is 4.74 Å². The van der Waals surface area contributed by atoms with Gasteiger partial charge in [0.05, 0.1) is 22.3 Å². The van der Waals surface area contributed by atoms with Gasteiger partial charge in [0.2, 0.25) is 0 Å². The highest BCUT2D eigenvalue weighted by Crippen LogP contribution is 2.84. The van der Waals surface area contributed by atoms with Crippen LogP contribution < -0.4 is 0 Å². The summed E-state index contributed by atoms with van der Waals surface area (Å²) in [6.07, 6.45) is 1.63. The third-order valence-corrected chi connectivity index (χ3v) is 10.2. The third-order valence-electron chi connectivity index (χ3n) is 5.92. The van der Waals surface area contributed by atoms with Gasteiger partial charge in [-0.2, -0.15) is 0 Å². The van der Waals surface area contributed by atoms with E-state index in [1.54, 1.807) is 0 Å². The molecule has 0 N–H and O–H groups in total. The Morgan fingerprint density at radius 1 is 0.842 bits per heavy atom. The molecule has 0 spiro atoms. The number of hydrogen-bond acceptors (Lipinski definition) is 1. The number of alkyl halides is 4. The Morgan fingerprint density at radius 2 is 1.26 bits per heavy atom. The second-order valence-electron chi connectivity index (χ2n) is 6.31. The molecule has 3 saturated carbocycles. The predicted octanol–water partition coefficient (Wildman–Crippen LogP) is 4.48. The van der Waals surface area contributed by atoms with E-state index in [1.165, 1.54) is 0 Å². The van der Waals surface area contributed by atoms with Crippen molar-refractivity contribution >= 4 is 69.6 Å². The van der Waals surface area contributed by atoms with Crippen LogP contribution in [-0.4, -0.2) is 26.3 Å². The van der Waals surface area contributed by atoms with Crippen LogP contribution in [0.25, 0.3) is 0 Å². The molecule has 4 fully saturated rings. The van der Waals surface area contributed by atoms with Crippen molar-refractivity contribution in [1.82, 2.24) is 0 Å². The zero-order chi connectivity index (χ0) is 13.5. The van der Waals surface area contributed by atoms with Crippen molar-refractivity contribution in [2.24, 2.45) is 23.7 Å². The van der Waals surface area contributed by atoms with Gasteiger partial charge >= 0.3 is 0 Å². The lowest BCUT2D eigenvalue weighted by Crippen LogP contribution is -2.46. The van der Waals surface area contributed by atoms with Gasteiger partial charge in [0.25, 0.3) is 0 Å². The summed E-state index contributed by atoms with van der Waals surface area (Å²) in [5.41, 5.74) is 0. The van der Waals surface area contributed by atoms with Crippen molar-refractivity contribution in [3.05, 3.63) is 10.1 Å². The summed E-state index contributed by atoms with van der Waals surface area (Å²) >= 11 is 39.5. The number of halogens is 6. The molecule has 1 aliphatic heterocycles. The highest BCUT2D eigenvalue weighted by atomic mass is 35.5. The van der Waals surface area contributed by atoms with Crippen molar-refractivity contribution in [3.63, 3.8) is 0 Å². The first kappa shape index (κ1) is 12.9. The summed E-state index contributed by atoms with van der Waals surface area (Å²) in [6.45, 7) is 0. The van der Waals surface area contributed by atoms with Crippen LogP contribution in [0.15, 0.2) is 10.1 Å². The first-order chi connectivity index (χ1) is 8.78. The zero-order valence-electron chi connectivity index (χ0n) is 9.35. The number of epoxide rings is 1. The molecule has 0 radical (unpaired) electrons. The van der Waals surface area contributed by atoms with E-state index in [-0.39, 0.29) is 24.0 Å². The van der Waals surface area contributed by atoms with E-state index in [1.807, 2.05) is 0 Å². The van der Waals surface area contributed by atoms with Crippen LogP contribution in [-0.2, 0) is 4.74 Å². The van der Waals surface area contributed by atoms with Crippen molar-refractivity contribution in [2.75, 3.05) is 0 Å². The Balaban J connectivity index is 1.80.